The maximum atomic E-state index is 14.4. The molecule has 11 heteroatoms. The lowest BCUT2D eigenvalue weighted by Gasteiger charge is -2.19. The molecule has 1 unspecified atom stereocenters. The Labute approximate surface area is 179 Å². The van der Waals surface area contributed by atoms with Crippen LogP contribution in [0.2, 0.25) is 5.02 Å². The number of halogens is 2. The lowest BCUT2D eigenvalue weighted by molar-refractivity contribution is 0.362. The molecule has 2 aliphatic carbocycles. The van der Waals surface area contributed by atoms with Crippen molar-refractivity contribution in [2.24, 2.45) is 18.9 Å². The minimum Gasteiger partial charge on any atom is -0.364 e. The standard InChI is InChI=1S/C20H15ClFN7O2/c1-27-7-23-17-15(27)18(30)28(8-24-17)6-13-25-19(26-31-13)20-10-5-29(16(20)14(10)20)12-4-9(21)2-3-11(12)22/h2-4,7-8,10,14,16H,5-6H2,1H3/t10-,14-,16?,20-/m1/s1. The second-order valence-electron chi connectivity index (χ2n) is 8.48. The number of aromatic nitrogens is 6. The van der Waals surface area contributed by atoms with Crippen molar-refractivity contribution in [1.29, 1.82) is 0 Å². The van der Waals surface area contributed by atoms with Gasteiger partial charge in [0.1, 0.15) is 18.7 Å². The number of imidazole rings is 1. The number of rotatable bonds is 4. The lowest BCUT2D eigenvalue weighted by atomic mass is 10.1. The van der Waals surface area contributed by atoms with E-state index >= 15 is 0 Å². The summed E-state index contributed by atoms with van der Waals surface area (Å²) in [6.45, 7) is 0.875. The summed E-state index contributed by atoms with van der Waals surface area (Å²) in [6, 6.07) is 4.77. The van der Waals surface area contributed by atoms with E-state index in [-0.39, 0.29) is 29.4 Å². The summed E-state index contributed by atoms with van der Waals surface area (Å²) in [6.07, 6.45) is 2.99. The number of hydrogen-bond donors (Lipinski definition) is 0. The zero-order chi connectivity index (χ0) is 21.1. The fraction of sp³-hybridized carbons (Fsp3) is 0.350. The number of nitrogens with zero attached hydrogens (tertiary/aromatic N) is 7. The monoisotopic (exact) mass is 439 g/mol. The Bertz CT molecular complexity index is 1460. The van der Waals surface area contributed by atoms with Gasteiger partial charge in [0, 0.05) is 30.6 Å². The van der Waals surface area contributed by atoms with Crippen molar-refractivity contribution in [2.45, 2.75) is 18.0 Å². The Kier molecular flexibility index (Phi) is 3.09. The molecule has 4 atom stereocenters. The normalized spacial score (nSPS) is 27.7. The molecule has 0 N–H and O–H groups in total. The van der Waals surface area contributed by atoms with E-state index < -0.39 is 0 Å². The first-order valence-electron chi connectivity index (χ1n) is 9.91. The van der Waals surface area contributed by atoms with Gasteiger partial charge in [0.15, 0.2) is 17.0 Å². The molecule has 4 fully saturated rings. The van der Waals surface area contributed by atoms with Crippen LogP contribution in [0, 0.1) is 17.7 Å². The molecule has 2 saturated carbocycles. The zero-order valence-electron chi connectivity index (χ0n) is 16.2. The van der Waals surface area contributed by atoms with Crippen LogP contribution in [0.25, 0.3) is 11.2 Å². The van der Waals surface area contributed by atoms with E-state index in [1.165, 1.54) is 17.0 Å². The first-order chi connectivity index (χ1) is 15.0. The van der Waals surface area contributed by atoms with E-state index in [9.17, 15) is 9.18 Å². The van der Waals surface area contributed by atoms with E-state index in [1.54, 1.807) is 30.1 Å². The molecular formula is C20H15ClFN7O2. The third-order valence-electron chi connectivity index (χ3n) is 7.02. The topological polar surface area (TPSA) is 94.9 Å². The molecule has 3 aromatic heterocycles. The van der Waals surface area contributed by atoms with Crippen molar-refractivity contribution in [2.75, 3.05) is 11.4 Å². The fourth-order valence-electron chi connectivity index (χ4n) is 5.52. The van der Waals surface area contributed by atoms with Gasteiger partial charge in [-0.1, -0.05) is 16.8 Å². The first-order valence-corrected chi connectivity index (χ1v) is 10.3. The molecule has 156 valence electrons. The van der Waals surface area contributed by atoms with Gasteiger partial charge in [0.05, 0.1) is 17.4 Å². The van der Waals surface area contributed by atoms with Crippen molar-refractivity contribution in [3.63, 3.8) is 0 Å². The smallest absolute Gasteiger partial charge is 0.280 e. The summed E-state index contributed by atoms with van der Waals surface area (Å²) in [4.78, 5) is 27.7. The van der Waals surface area contributed by atoms with Gasteiger partial charge in [-0.25, -0.2) is 14.4 Å². The molecule has 1 aromatic carbocycles. The number of hydrogen-bond acceptors (Lipinski definition) is 7. The second-order valence-corrected chi connectivity index (χ2v) is 8.91. The molecule has 5 heterocycles. The molecule has 0 amide bonds. The summed E-state index contributed by atoms with van der Waals surface area (Å²) in [5.41, 5.74) is 0.947. The molecular weight excluding hydrogens is 425 g/mol. The Morgan fingerprint density at radius 3 is 3.00 bits per heavy atom. The van der Waals surface area contributed by atoms with Crippen LogP contribution < -0.4 is 10.5 Å². The largest absolute Gasteiger partial charge is 0.364 e. The van der Waals surface area contributed by atoms with Crippen LogP contribution in [0.4, 0.5) is 10.1 Å². The average Bonchev–Trinajstić information content (AvgIpc) is 3.22. The van der Waals surface area contributed by atoms with Crippen LogP contribution in [0.1, 0.15) is 11.7 Å². The van der Waals surface area contributed by atoms with E-state index in [0.717, 1.165) is 6.54 Å². The van der Waals surface area contributed by atoms with Crippen LogP contribution in [-0.4, -0.2) is 41.8 Å². The number of piperidine rings is 1. The van der Waals surface area contributed by atoms with Crippen molar-refractivity contribution in [3.8, 4) is 0 Å². The van der Waals surface area contributed by atoms with Gasteiger partial charge in [-0.05, 0) is 24.1 Å². The number of benzene rings is 1. The average molecular weight is 440 g/mol. The highest BCUT2D eigenvalue weighted by Crippen LogP contribution is 2.85. The molecule has 4 aromatic rings. The van der Waals surface area contributed by atoms with Gasteiger partial charge < -0.3 is 14.0 Å². The van der Waals surface area contributed by atoms with Crippen LogP contribution in [-0.2, 0) is 19.0 Å². The third kappa shape index (κ3) is 2.08. The summed E-state index contributed by atoms with van der Waals surface area (Å²) >= 11 is 6.08. The Balaban J connectivity index is 1.17. The van der Waals surface area contributed by atoms with Crippen molar-refractivity contribution >= 4 is 28.5 Å². The fourth-order valence-corrected chi connectivity index (χ4v) is 5.68. The van der Waals surface area contributed by atoms with Gasteiger partial charge >= 0.3 is 0 Å². The number of fused-ring (bicyclic) bond motifs is 2. The van der Waals surface area contributed by atoms with Crippen molar-refractivity contribution < 1.29 is 8.91 Å². The molecule has 9 nitrogen and oxygen atoms in total. The van der Waals surface area contributed by atoms with Gasteiger partial charge in [-0.2, -0.15) is 4.98 Å². The van der Waals surface area contributed by atoms with Gasteiger partial charge in [-0.3, -0.25) is 9.36 Å². The maximum Gasteiger partial charge on any atom is 0.280 e. The second kappa shape index (κ2) is 5.50. The van der Waals surface area contributed by atoms with Crippen LogP contribution in [0.5, 0.6) is 0 Å². The van der Waals surface area contributed by atoms with Gasteiger partial charge in [0.25, 0.3) is 5.56 Å². The van der Waals surface area contributed by atoms with E-state index in [2.05, 4.69) is 25.0 Å². The lowest BCUT2D eigenvalue weighted by Crippen LogP contribution is -2.24. The number of anilines is 1. The quantitative estimate of drug-likeness (QED) is 0.478. The van der Waals surface area contributed by atoms with Crippen LogP contribution in [0.3, 0.4) is 0 Å². The highest BCUT2D eigenvalue weighted by molar-refractivity contribution is 6.30. The predicted molar refractivity (Wildman–Crippen MR) is 107 cm³/mol. The Hall–Kier alpha value is -3.27. The van der Waals surface area contributed by atoms with Crippen LogP contribution >= 0.6 is 11.6 Å². The van der Waals surface area contributed by atoms with Gasteiger partial charge in [0.2, 0.25) is 5.89 Å². The molecule has 8 rings (SSSR count). The molecule has 0 spiro atoms. The summed E-state index contributed by atoms with van der Waals surface area (Å²) in [5.74, 6) is 1.49. The Morgan fingerprint density at radius 1 is 1.32 bits per heavy atom. The molecule has 31 heavy (non-hydrogen) atoms. The summed E-state index contributed by atoms with van der Waals surface area (Å²) in [5, 5.41) is 4.72. The molecule has 2 saturated heterocycles. The number of aryl methyl sites for hydroxylation is 1. The Morgan fingerprint density at radius 2 is 2.16 bits per heavy atom. The molecule has 2 bridgehead atoms. The minimum atomic E-state index is -0.280. The van der Waals surface area contributed by atoms with Crippen molar-refractivity contribution in [3.05, 3.63) is 63.8 Å². The van der Waals surface area contributed by atoms with E-state index in [4.69, 9.17) is 16.1 Å². The third-order valence-corrected chi connectivity index (χ3v) is 7.25. The SMILES string of the molecule is Cn1cnc2ncn(Cc3nc([C@@]45C6[C@H]4[C@H]5CN6c4cc(Cl)ccc4F)no3)c(=O)c21. The van der Waals surface area contributed by atoms with Crippen LogP contribution in [0.15, 0.2) is 40.2 Å². The summed E-state index contributed by atoms with van der Waals surface area (Å²) < 4.78 is 22.9. The van der Waals surface area contributed by atoms with Crippen molar-refractivity contribution in [1.82, 2.24) is 29.2 Å². The zero-order valence-corrected chi connectivity index (χ0v) is 17.0. The van der Waals surface area contributed by atoms with Gasteiger partial charge in [-0.15, -0.1) is 0 Å². The minimum absolute atomic E-state index is 0.128. The highest BCUT2D eigenvalue weighted by Gasteiger charge is 2.95. The molecule has 0 radical (unpaired) electrons. The molecule has 4 aliphatic rings. The summed E-state index contributed by atoms with van der Waals surface area (Å²) in [7, 11) is 1.75. The molecule has 2 aliphatic heterocycles. The van der Waals surface area contributed by atoms with E-state index in [1.807, 2.05) is 0 Å². The first kappa shape index (κ1) is 17.4. The maximum absolute atomic E-state index is 14.4. The predicted octanol–water partition coefficient (Wildman–Crippen LogP) is 1.74. The highest BCUT2D eigenvalue weighted by atomic mass is 35.5. The van der Waals surface area contributed by atoms with E-state index in [0.29, 0.717) is 45.4 Å².